The fourth-order valence-electron chi connectivity index (χ4n) is 5.88. The minimum atomic E-state index is -0.727. The van der Waals surface area contributed by atoms with E-state index in [1.54, 1.807) is 7.05 Å². The molecule has 4 amide bonds. The third-order valence-electron chi connectivity index (χ3n) is 7.99. The zero-order valence-electron chi connectivity index (χ0n) is 26.6. The maximum atomic E-state index is 14.6. The van der Waals surface area contributed by atoms with Crippen molar-refractivity contribution in [1.82, 2.24) is 26.0 Å². The summed E-state index contributed by atoms with van der Waals surface area (Å²) in [5.41, 5.74) is 3.64. The van der Waals surface area contributed by atoms with Gasteiger partial charge in [0.1, 0.15) is 6.04 Å². The first-order valence-corrected chi connectivity index (χ1v) is 15.8. The van der Waals surface area contributed by atoms with E-state index >= 15 is 0 Å². The largest absolute Gasteiger partial charge is 0.351 e. The van der Waals surface area contributed by atoms with Gasteiger partial charge in [-0.2, -0.15) is 0 Å². The number of hydrogen-bond donors (Lipinski definition) is 3. The van der Waals surface area contributed by atoms with Gasteiger partial charge >= 0.3 is 6.03 Å². The summed E-state index contributed by atoms with van der Waals surface area (Å²) in [7, 11) is 1.62. The summed E-state index contributed by atoms with van der Waals surface area (Å²) in [4.78, 5) is 41.6. The van der Waals surface area contributed by atoms with Crippen molar-refractivity contribution in [3.63, 3.8) is 0 Å². The number of benzene rings is 2. The normalized spacial score (nSPS) is 15.3. The van der Waals surface area contributed by atoms with Gasteiger partial charge in [0.25, 0.3) is 0 Å². The molecular weight excluding hydrogens is 546 g/mol. The van der Waals surface area contributed by atoms with Crippen molar-refractivity contribution >= 4 is 28.6 Å². The Bertz CT molecular complexity index is 1160. The van der Waals surface area contributed by atoms with Gasteiger partial charge in [-0.05, 0) is 56.4 Å². The number of rotatable bonds is 16. The molecule has 0 aliphatic heterocycles. The first kappa shape index (κ1) is 34.3. The number of hydrogen-bond acceptors (Lipinski definition) is 6. The summed E-state index contributed by atoms with van der Waals surface area (Å²) in [5, 5.41) is 9.27. The van der Waals surface area contributed by atoms with Gasteiger partial charge < -0.3 is 25.0 Å². The van der Waals surface area contributed by atoms with E-state index in [9.17, 15) is 14.4 Å². The van der Waals surface area contributed by atoms with Crippen molar-refractivity contribution in [2.24, 2.45) is 5.92 Å². The summed E-state index contributed by atoms with van der Waals surface area (Å²) < 4.78 is 11.9. The van der Waals surface area contributed by atoms with Gasteiger partial charge in [-0.15, -0.1) is 0 Å². The van der Waals surface area contributed by atoms with Crippen LogP contribution in [-0.2, 0) is 25.6 Å². The SMILES string of the molecule is CCNC(=O)NN(C)CC(=O)NC(CC1CCCCC1)C(=O)N(Cc1cccc2ccccc12)C(C)C(OCC)OCC. The van der Waals surface area contributed by atoms with Crippen LogP contribution in [-0.4, -0.2) is 79.5 Å². The van der Waals surface area contributed by atoms with Gasteiger partial charge in [0.2, 0.25) is 11.8 Å². The number of fused-ring (bicyclic) bond motifs is 1. The van der Waals surface area contributed by atoms with Crippen LogP contribution in [0.25, 0.3) is 10.8 Å². The highest BCUT2D eigenvalue weighted by Crippen LogP contribution is 2.29. The molecule has 0 aromatic heterocycles. The molecule has 10 heteroatoms. The molecule has 1 fully saturated rings. The minimum absolute atomic E-state index is 0.0923. The van der Waals surface area contributed by atoms with Crippen molar-refractivity contribution in [2.75, 3.05) is 33.4 Å². The first-order valence-electron chi connectivity index (χ1n) is 15.8. The number of urea groups is 1. The summed E-state index contributed by atoms with van der Waals surface area (Å²) >= 11 is 0. The van der Waals surface area contributed by atoms with Crippen LogP contribution in [0.5, 0.6) is 0 Å². The third-order valence-corrected chi connectivity index (χ3v) is 7.99. The lowest BCUT2D eigenvalue weighted by Gasteiger charge is -2.38. The second-order valence-corrected chi connectivity index (χ2v) is 11.3. The van der Waals surface area contributed by atoms with Crippen molar-refractivity contribution in [1.29, 1.82) is 0 Å². The monoisotopic (exact) mass is 597 g/mol. The quantitative estimate of drug-likeness (QED) is 0.193. The number of likely N-dealkylation sites (N-methyl/N-ethyl adjacent to an activating group) is 1. The van der Waals surface area contributed by atoms with E-state index in [2.05, 4.69) is 34.3 Å². The second-order valence-electron chi connectivity index (χ2n) is 11.3. The summed E-state index contributed by atoms with van der Waals surface area (Å²) in [6, 6.07) is 12.7. The Morgan fingerprint density at radius 1 is 0.953 bits per heavy atom. The molecule has 0 radical (unpaired) electrons. The molecule has 3 N–H and O–H groups in total. The van der Waals surface area contributed by atoms with Crippen LogP contribution in [0.4, 0.5) is 4.79 Å². The van der Waals surface area contributed by atoms with Crippen LogP contribution in [0, 0.1) is 5.92 Å². The minimum Gasteiger partial charge on any atom is -0.351 e. The molecule has 0 bridgehead atoms. The molecule has 2 aromatic rings. The van der Waals surface area contributed by atoms with Crippen LogP contribution < -0.4 is 16.1 Å². The Labute approximate surface area is 256 Å². The lowest BCUT2D eigenvalue weighted by molar-refractivity contribution is -0.180. The number of amides is 4. The molecule has 2 aromatic carbocycles. The molecule has 3 rings (SSSR count). The average molecular weight is 598 g/mol. The lowest BCUT2D eigenvalue weighted by Crippen LogP contribution is -2.56. The van der Waals surface area contributed by atoms with Crippen molar-refractivity contribution in [2.45, 2.75) is 91.1 Å². The molecule has 1 aliphatic carbocycles. The maximum Gasteiger partial charge on any atom is 0.329 e. The highest BCUT2D eigenvalue weighted by Gasteiger charge is 2.35. The van der Waals surface area contributed by atoms with Gasteiger partial charge in [-0.3, -0.25) is 15.0 Å². The Balaban J connectivity index is 1.92. The summed E-state index contributed by atoms with van der Waals surface area (Å²) in [5.74, 6) is -0.154. The summed E-state index contributed by atoms with van der Waals surface area (Å²) in [6.45, 7) is 9.19. The number of carbonyl (C=O) groups excluding carboxylic acids is 3. The molecule has 0 spiro atoms. The number of hydrazine groups is 1. The van der Waals surface area contributed by atoms with Crippen LogP contribution >= 0.6 is 0 Å². The molecule has 0 saturated heterocycles. The Morgan fingerprint density at radius 2 is 1.63 bits per heavy atom. The summed E-state index contributed by atoms with van der Waals surface area (Å²) in [6.07, 6.45) is 5.48. The van der Waals surface area contributed by atoms with E-state index in [-0.39, 0.29) is 24.4 Å². The number of carbonyl (C=O) groups is 3. The number of nitrogens with one attached hydrogen (secondary N) is 3. The van der Waals surface area contributed by atoms with Crippen molar-refractivity contribution < 1.29 is 23.9 Å². The van der Waals surface area contributed by atoms with E-state index in [0.29, 0.717) is 38.6 Å². The zero-order chi connectivity index (χ0) is 31.2. The average Bonchev–Trinajstić information content (AvgIpc) is 2.99. The van der Waals surface area contributed by atoms with E-state index < -0.39 is 18.4 Å². The molecule has 43 heavy (non-hydrogen) atoms. The smallest absolute Gasteiger partial charge is 0.329 e. The van der Waals surface area contributed by atoms with Crippen LogP contribution in [0.3, 0.4) is 0 Å². The van der Waals surface area contributed by atoms with Gasteiger partial charge in [0.15, 0.2) is 6.29 Å². The van der Waals surface area contributed by atoms with Gasteiger partial charge in [-0.1, -0.05) is 74.6 Å². The molecule has 2 unspecified atom stereocenters. The second kappa shape index (κ2) is 17.8. The van der Waals surface area contributed by atoms with Gasteiger partial charge in [-0.25, -0.2) is 9.80 Å². The van der Waals surface area contributed by atoms with Crippen LogP contribution in [0.15, 0.2) is 42.5 Å². The molecule has 238 valence electrons. The molecule has 10 nitrogen and oxygen atoms in total. The Hall–Kier alpha value is -3.21. The predicted molar refractivity (Wildman–Crippen MR) is 169 cm³/mol. The van der Waals surface area contributed by atoms with E-state index in [0.717, 1.165) is 42.0 Å². The van der Waals surface area contributed by atoms with Crippen LogP contribution in [0.2, 0.25) is 0 Å². The highest BCUT2D eigenvalue weighted by atomic mass is 16.7. The first-order chi connectivity index (χ1) is 20.8. The lowest BCUT2D eigenvalue weighted by atomic mass is 9.84. The molecule has 0 heterocycles. The van der Waals surface area contributed by atoms with E-state index in [4.69, 9.17) is 9.47 Å². The van der Waals surface area contributed by atoms with E-state index in [1.807, 2.05) is 56.9 Å². The molecule has 1 saturated carbocycles. The topological polar surface area (TPSA) is 112 Å². The zero-order valence-corrected chi connectivity index (χ0v) is 26.6. The number of nitrogens with zero attached hydrogens (tertiary/aromatic N) is 2. The molecular formula is C33H51N5O5. The van der Waals surface area contributed by atoms with Crippen LogP contribution in [0.1, 0.15) is 71.8 Å². The maximum absolute atomic E-state index is 14.6. The van der Waals surface area contributed by atoms with E-state index in [1.165, 1.54) is 11.4 Å². The van der Waals surface area contributed by atoms with Gasteiger partial charge in [0, 0.05) is 33.4 Å². The highest BCUT2D eigenvalue weighted by molar-refractivity contribution is 5.90. The fraction of sp³-hybridized carbons (Fsp3) is 0.606. The standard InChI is InChI=1S/C33H51N5O5/c1-6-34-33(41)36-37(5)23-30(39)35-29(21-25-15-10-9-11-16-25)31(40)38(24(4)32(42-7-2)43-8-3)22-27-19-14-18-26-17-12-13-20-28(26)27/h12-14,17-20,24-25,29,32H,6-11,15-16,21-23H2,1-5H3,(H,35,39)(H2,34,36,41). The Kier molecular flexibility index (Phi) is 14.2. The van der Waals surface area contributed by atoms with Crippen molar-refractivity contribution in [3.8, 4) is 0 Å². The Morgan fingerprint density at radius 3 is 2.30 bits per heavy atom. The third kappa shape index (κ3) is 10.5. The number of ether oxygens (including phenoxy) is 2. The van der Waals surface area contributed by atoms with Gasteiger partial charge in [0.05, 0.1) is 12.6 Å². The predicted octanol–water partition coefficient (Wildman–Crippen LogP) is 4.58. The van der Waals surface area contributed by atoms with Crippen molar-refractivity contribution in [3.05, 3.63) is 48.0 Å². The molecule has 2 atom stereocenters. The molecule has 1 aliphatic rings. The fourth-order valence-corrected chi connectivity index (χ4v) is 5.88.